The van der Waals surface area contributed by atoms with Crippen molar-refractivity contribution in [2.45, 2.75) is 13.0 Å². The van der Waals surface area contributed by atoms with Crippen molar-refractivity contribution in [1.29, 1.82) is 0 Å². The number of carboxylic acids is 1. The van der Waals surface area contributed by atoms with Crippen LogP contribution in [-0.2, 0) is 19.6 Å². The predicted molar refractivity (Wildman–Crippen MR) is 67.3 cm³/mol. The van der Waals surface area contributed by atoms with Crippen LogP contribution in [0.3, 0.4) is 0 Å². The minimum atomic E-state index is -3.42. The number of carbonyl (C=O) groups excluding carboxylic acids is 1. The van der Waals surface area contributed by atoms with E-state index < -0.39 is 28.1 Å². The maximum absolute atomic E-state index is 11.3. The second-order valence-corrected chi connectivity index (χ2v) is 5.49. The lowest BCUT2D eigenvalue weighted by Crippen LogP contribution is -2.49. The standard InChI is InChI=1S/C9H19N3O6S/c1-3-11-19(16,17)5-4-10-9(15)12-7(6-18-2)8(13)14/h7,11H,3-6H2,1-2H3,(H,13,14)(H2,10,12,15). The van der Waals surface area contributed by atoms with Gasteiger partial charge in [-0.3, -0.25) is 0 Å². The molecule has 0 heterocycles. The van der Waals surface area contributed by atoms with E-state index in [1.165, 1.54) is 7.11 Å². The van der Waals surface area contributed by atoms with Crippen molar-refractivity contribution in [2.24, 2.45) is 0 Å². The van der Waals surface area contributed by atoms with Crippen molar-refractivity contribution in [3.8, 4) is 0 Å². The van der Waals surface area contributed by atoms with Crippen LogP contribution in [0.4, 0.5) is 4.79 Å². The number of hydrogen-bond donors (Lipinski definition) is 4. The third kappa shape index (κ3) is 8.35. The van der Waals surface area contributed by atoms with E-state index in [1.54, 1.807) is 6.92 Å². The number of hydrogen-bond acceptors (Lipinski definition) is 5. The molecule has 0 fully saturated rings. The lowest BCUT2D eigenvalue weighted by molar-refractivity contribution is -0.140. The van der Waals surface area contributed by atoms with Gasteiger partial charge in [-0.25, -0.2) is 22.7 Å². The number of ether oxygens (including phenoxy) is 1. The van der Waals surface area contributed by atoms with Crippen LogP contribution < -0.4 is 15.4 Å². The van der Waals surface area contributed by atoms with E-state index >= 15 is 0 Å². The summed E-state index contributed by atoms with van der Waals surface area (Å²) in [6, 6.07) is -1.95. The summed E-state index contributed by atoms with van der Waals surface area (Å²) in [5.41, 5.74) is 0. The molecule has 0 radical (unpaired) electrons. The van der Waals surface area contributed by atoms with Gasteiger partial charge in [0, 0.05) is 20.2 Å². The third-order valence-corrected chi connectivity index (χ3v) is 3.43. The molecule has 0 rings (SSSR count). The minimum absolute atomic E-state index is 0.125. The predicted octanol–water partition coefficient (Wildman–Crippen LogP) is -1.68. The van der Waals surface area contributed by atoms with Gasteiger partial charge in [-0.1, -0.05) is 6.92 Å². The Bertz CT molecular complexity index is 397. The molecule has 4 N–H and O–H groups in total. The number of sulfonamides is 1. The number of aliphatic carboxylic acids is 1. The molecule has 10 heteroatoms. The second kappa shape index (κ2) is 8.67. The van der Waals surface area contributed by atoms with Crippen LogP contribution >= 0.6 is 0 Å². The van der Waals surface area contributed by atoms with Crippen molar-refractivity contribution in [1.82, 2.24) is 15.4 Å². The first kappa shape index (κ1) is 17.6. The van der Waals surface area contributed by atoms with Gasteiger partial charge >= 0.3 is 12.0 Å². The van der Waals surface area contributed by atoms with Crippen molar-refractivity contribution < 1.29 is 27.9 Å². The first-order valence-electron chi connectivity index (χ1n) is 5.55. The zero-order valence-electron chi connectivity index (χ0n) is 10.8. The fraction of sp³-hybridized carbons (Fsp3) is 0.778. The highest BCUT2D eigenvalue weighted by Gasteiger charge is 2.19. The Morgan fingerprint density at radius 3 is 2.47 bits per heavy atom. The highest BCUT2D eigenvalue weighted by molar-refractivity contribution is 7.89. The molecule has 0 aromatic heterocycles. The van der Waals surface area contributed by atoms with Gasteiger partial charge in [0.05, 0.1) is 12.4 Å². The Kier molecular flexibility index (Phi) is 8.03. The van der Waals surface area contributed by atoms with E-state index in [0.29, 0.717) is 0 Å². The van der Waals surface area contributed by atoms with Gasteiger partial charge in [-0.05, 0) is 0 Å². The molecule has 9 nitrogen and oxygen atoms in total. The summed E-state index contributed by atoms with van der Waals surface area (Å²) < 4.78 is 29.4. The normalized spacial score (nSPS) is 12.7. The summed E-state index contributed by atoms with van der Waals surface area (Å²) in [4.78, 5) is 22.0. The topological polar surface area (TPSA) is 134 Å². The van der Waals surface area contributed by atoms with Gasteiger partial charge in [0.15, 0.2) is 6.04 Å². The summed E-state index contributed by atoms with van der Waals surface area (Å²) in [7, 11) is -2.11. The van der Waals surface area contributed by atoms with E-state index in [-0.39, 0.29) is 25.4 Å². The molecule has 0 aliphatic rings. The SMILES string of the molecule is CCNS(=O)(=O)CCNC(=O)NC(COC)C(=O)O. The number of methoxy groups -OCH3 is 1. The van der Waals surface area contributed by atoms with Crippen molar-refractivity contribution in [3.05, 3.63) is 0 Å². The number of carbonyl (C=O) groups is 2. The van der Waals surface area contributed by atoms with Crippen LogP contribution in [0, 0.1) is 0 Å². The molecule has 0 aliphatic carbocycles. The molecule has 112 valence electrons. The van der Waals surface area contributed by atoms with Gasteiger partial charge in [-0.2, -0.15) is 0 Å². The zero-order valence-corrected chi connectivity index (χ0v) is 11.6. The van der Waals surface area contributed by atoms with Crippen molar-refractivity contribution >= 4 is 22.0 Å². The van der Waals surface area contributed by atoms with Crippen LogP contribution in [0.5, 0.6) is 0 Å². The Morgan fingerprint density at radius 2 is 2.00 bits per heavy atom. The molecule has 0 bridgehead atoms. The first-order valence-corrected chi connectivity index (χ1v) is 7.21. The van der Waals surface area contributed by atoms with Gasteiger partial charge in [-0.15, -0.1) is 0 Å². The Hall–Kier alpha value is -1.39. The molecule has 19 heavy (non-hydrogen) atoms. The minimum Gasteiger partial charge on any atom is -0.480 e. The molecule has 1 unspecified atom stereocenters. The molecule has 0 saturated heterocycles. The average Bonchev–Trinajstić information content (AvgIpc) is 2.27. The number of carboxylic acid groups (broad SMARTS) is 1. The third-order valence-electron chi connectivity index (χ3n) is 1.96. The van der Waals surface area contributed by atoms with E-state index in [4.69, 9.17) is 5.11 Å². The Balaban J connectivity index is 4.08. The Morgan fingerprint density at radius 1 is 1.37 bits per heavy atom. The highest BCUT2D eigenvalue weighted by Crippen LogP contribution is 1.86. The molecule has 0 spiro atoms. The van der Waals surface area contributed by atoms with Crippen molar-refractivity contribution in [3.63, 3.8) is 0 Å². The lowest BCUT2D eigenvalue weighted by atomic mass is 10.3. The fourth-order valence-electron chi connectivity index (χ4n) is 1.14. The van der Waals surface area contributed by atoms with Gasteiger partial charge in [0.2, 0.25) is 10.0 Å². The Labute approximate surface area is 111 Å². The molecule has 1 atom stereocenters. The van der Waals surface area contributed by atoms with Crippen LogP contribution in [0.2, 0.25) is 0 Å². The van der Waals surface area contributed by atoms with Gasteiger partial charge < -0.3 is 20.5 Å². The van der Waals surface area contributed by atoms with Crippen LogP contribution in [0.25, 0.3) is 0 Å². The lowest BCUT2D eigenvalue weighted by Gasteiger charge is -2.14. The van der Waals surface area contributed by atoms with E-state index in [9.17, 15) is 18.0 Å². The fourth-order valence-corrected chi connectivity index (χ4v) is 2.10. The molecule has 0 aromatic rings. The van der Waals surface area contributed by atoms with Crippen molar-refractivity contribution in [2.75, 3.05) is 32.6 Å². The number of urea groups is 1. The molecule has 0 aliphatic heterocycles. The molecule has 0 aromatic carbocycles. The van der Waals surface area contributed by atoms with Crippen LogP contribution in [0.15, 0.2) is 0 Å². The quantitative estimate of drug-likeness (QED) is 0.402. The first-order chi connectivity index (χ1) is 8.82. The zero-order chi connectivity index (χ0) is 14.9. The largest absolute Gasteiger partial charge is 0.480 e. The van der Waals surface area contributed by atoms with E-state index in [2.05, 4.69) is 20.1 Å². The summed E-state index contributed by atoms with van der Waals surface area (Å²) in [6.45, 7) is 1.60. The average molecular weight is 297 g/mol. The smallest absolute Gasteiger partial charge is 0.328 e. The summed E-state index contributed by atoms with van der Waals surface area (Å²) >= 11 is 0. The number of rotatable bonds is 9. The summed E-state index contributed by atoms with van der Waals surface area (Å²) in [5.74, 6) is -1.52. The van der Waals surface area contributed by atoms with E-state index in [0.717, 1.165) is 0 Å². The van der Waals surface area contributed by atoms with Gasteiger partial charge in [0.25, 0.3) is 0 Å². The maximum atomic E-state index is 11.3. The number of amides is 2. The highest BCUT2D eigenvalue weighted by atomic mass is 32.2. The molecular weight excluding hydrogens is 278 g/mol. The van der Waals surface area contributed by atoms with Crippen LogP contribution in [-0.4, -0.2) is 64.1 Å². The molecule has 2 amide bonds. The monoisotopic (exact) mass is 297 g/mol. The molecule has 0 saturated carbocycles. The molecular formula is C9H19N3O6S. The maximum Gasteiger partial charge on any atom is 0.328 e. The summed E-state index contributed by atoms with van der Waals surface area (Å²) in [5, 5.41) is 13.1. The van der Waals surface area contributed by atoms with Crippen LogP contribution in [0.1, 0.15) is 6.92 Å². The van der Waals surface area contributed by atoms with Gasteiger partial charge in [0.1, 0.15) is 0 Å². The summed E-state index contributed by atoms with van der Waals surface area (Å²) in [6.07, 6.45) is 0. The number of nitrogens with one attached hydrogen (secondary N) is 3. The second-order valence-electron chi connectivity index (χ2n) is 3.56. The van der Waals surface area contributed by atoms with E-state index in [1.807, 2.05) is 0 Å².